The van der Waals surface area contributed by atoms with E-state index in [4.69, 9.17) is 5.11 Å². The van der Waals surface area contributed by atoms with Crippen LogP contribution in [0.4, 0.5) is 0 Å². The summed E-state index contributed by atoms with van der Waals surface area (Å²) in [6.45, 7) is 2.31. The molecule has 0 saturated carbocycles. The molecule has 0 aliphatic rings. The number of carbonyl (C=O) groups is 1. The minimum Gasteiger partial charge on any atom is -0.862 e. The van der Waals surface area contributed by atoms with Crippen LogP contribution in [-0.2, 0) is 4.79 Å². The van der Waals surface area contributed by atoms with E-state index in [1.807, 2.05) is 13.0 Å². The molecule has 0 amide bonds. The van der Waals surface area contributed by atoms with Crippen molar-refractivity contribution in [2.75, 3.05) is 6.54 Å². The molecule has 0 aliphatic heterocycles. The first-order chi connectivity index (χ1) is 7.66. The van der Waals surface area contributed by atoms with Crippen molar-refractivity contribution in [2.45, 2.75) is 45.4 Å². The van der Waals surface area contributed by atoms with Gasteiger partial charge >= 0.3 is 57.4 Å². The van der Waals surface area contributed by atoms with Gasteiger partial charge in [-0.25, -0.2) is 0 Å². The van der Waals surface area contributed by atoms with Crippen molar-refractivity contribution in [3.8, 4) is 0 Å². The topological polar surface area (TPSA) is 72.7 Å². The van der Waals surface area contributed by atoms with Gasteiger partial charge in [0.05, 0.1) is 0 Å². The fourth-order valence-electron chi connectivity index (χ4n) is 1.22. The quantitative estimate of drug-likeness (QED) is 0.186. The van der Waals surface area contributed by atoms with E-state index in [0.29, 0.717) is 19.4 Å². The summed E-state index contributed by atoms with van der Waals surface area (Å²) in [6.07, 6.45) is 7.93. The van der Waals surface area contributed by atoms with E-state index >= 15 is 0 Å². The van der Waals surface area contributed by atoms with E-state index in [9.17, 15) is 9.90 Å². The third-order valence-electron chi connectivity index (χ3n) is 2.08. The standard InChI is InChI=1S/C12H21NO3.K/c1-2-3-4-5-6-8-11(14)13-10-7-9-12(15)16;/h2-3H,4-10H2,1H3,(H,13,14)(H,15,16);/q;+1/p-1/b3-2+;. The van der Waals surface area contributed by atoms with Crippen LogP contribution in [0.1, 0.15) is 45.4 Å². The van der Waals surface area contributed by atoms with Crippen LogP contribution in [0.3, 0.4) is 0 Å². The van der Waals surface area contributed by atoms with Gasteiger partial charge in [0.15, 0.2) is 0 Å². The second kappa shape index (κ2) is 14.4. The molecule has 0 rings (SSSR count). The fraction of sp³-hybridized carbons (Fsp3) is 0.667. The minimum absolute atomic E-state index is 0. The summed E-state index contributed by atoms with van der Waals surface area (Å²) >= 11 is 0. The number of allylic oxidation sites excluding steroid dienone is 2. The zero-order chi connectivity index (χ0) is 12.2. The Morgan fingerprint density at radius 1 is 1.29 bits per heavy atom. The van der Waals surface area contributed by atoms with Gasteiger partial charge < -0.3 is 15.2 Å². The molecule has 0 radical (unpaired) electrons. The molecule has 0 atom stereocenters. The Hall–Kier alpha value is 0.316. The van der Waals surface area contributed by atoms with Crippen molar-refractivity contribution in [2.24, 2.45) is 4.99 Å². The van der Waals surface area contributed by atoms with Crippen LogP contribution in [0.2, 0.25) is 0 Å². The van der Waals surface area contributed by atoms with Crippen LogP contribution >= 0.6 is 0 Å². The third kappa shape index (κ3) is 16.3. The van der Waals surface area contributed by atoms with E-state index in [1.54, 1.807) is 0 Å². The average molecular weight is 265 g/mol. The summed E-state index contributed by atoms with van der Waals surface area (Å²) in [5.41, 5.74) is 0. The number of carboxylic acids is 1. The molecule has 17 heavy (non-hydrogen) atoms. The van der Waals surface area contributed by atoms with Crippen LogP contribution in [-0.4, -0.2) is 23.5 Å². The van der Waals surface area contributed by atoms with E-state index < -0.39 is 5.97 Å². The van der Waals surface area contributed by atoms with Gasteiger partial charge in [0.25, 0.3) is 0 Å². The monoisotopic (exact) mass is 265 g/mol. The predicted octanol–water partition coefficient (Wildman–Crippen LogP) is -1.25. The summed E-state index contributed by atoms with van der Waals surface area (Å²) in [7, 11) is 0. The molecular weight excluding hydrogens is 245 g/mol. The van der Waals surface area contributed by atoms with Crippen LogP contribution in [0.15, 0.2) is 17.1 Å². The second-order valence-electron chi connectivity index (χ2n) is 3.59. The van der Waals surface area contributed by atoms with Gasteiger partial charge in [-0.2, -0.15) is 0 Å². The summed E-state index contributed by atoms with van der Waals surface area (Å²) in [5.74, 6) is -0.945. The first-order valence-electron chi connectivity index (χ1n) is 5.70. The maximum Gasteiger partial charge on any atom is 1.00 e. The Kier molecular flexibility index (Phi) is 16.6. The predicted molar refractivity (Wildman–Crippen MR) is 62.5 cm³/mol. The summed E-state index contributed by atoms with van der Waals surface area (Å²) in [5, 5.41) is 19.6. The van der Waals surface area contributed by atoms with Crippen LogP contribution in [0.25, 0.3) is 0 Å². The van der Waals surface area contributed by atoms with Gasteiger partial charge in [-0.05, 0) is 44.9 Å². The number of aliphatic imine (C=N–C) groups is 1. The number of nitrogens with zero attached hydrogens (tertiary/aromatic N) is 1. The Bertz CT molecular complexity index is 252. The minimum atomic E-state index is -0.839. The number of unbranched alkanes of at least 4 members (excludes halogenated alkanes) is 2. The van der Waals surface area contributed by atoms with Gasteiger partial charge in [-0.3, -0.25) is 4.79 Å². The average Bonchev–Trinajstić information content (AvgIpc) is 2.24. The largest absolute Gasteiger partial charge is 1.00 e. The third-order valence-corrected chi connectivity index (χ3v) is 2.08. The van der Waals surface area contributed by atoms with E-state index in [0.717, 1.165) is 19.3 Å². The molecule has 0 unspecified atom stereocenters. The summed E-state index contributed by atoms with van der Waals surface area (Å²) in [6, 6.07) is 0. The van der Waals surface area contributed by atoms with Crippen molar-refractivity contribution in [1.82, 2.24) is 0 Å². The molecule has 0 aromatic carbocycles. The summed E-state index contributed by atoms with van der Waals surface area (Å²) < 4.78 is 0. The smallest absolute Gasteiger partial charge is 0.862 e. The fourth-order valence-corrected chi connectivity index (χ4v) is 1.22. The molecule has 0 aromatic heterocycles. The zero-order valence-corrected chi connectivity index (χ0v) is 13.9. The molecule has 0 bridgehead atoms. The first-order valence-corrected chi connectivity index (χ1v) is 5.70. The first kappa shape index (κ1) is 19.7. The number of hydrogen-bond acceptors (Lipinski definition) is 3. The number of carboxylic acid groups (broad SMARTS) is 1. The van der Waals surface area contributed by atoms with Gasteiger partial charge in [0.1, 0.15) is 0 Å². The molecule has 0 spiro atoms. The van der Waals surface area contributed by atoms with E-state index in [-0.39, 0.29) is 63.7 Å². The van der Waals surface area contributed by atoms with Crippen molar-refractivity contribution >= 4 is 11.9 Å². The number of aliphatic carboxylic acids is 1. The van der Waals surface area contributed by atoms with Gasteiger partial charge in [-0.1, -0.05) is 12.2 Å². The number of rotatable bonds is 9. The molecule has 1 N–H and O–H groups in total. The Morgan fingerprint density at radius 2 is 2.00 bits per heavy atom. The van der Waals surface area contributed by atoms with Crippen LogP contribution in [0.5, 0.6) is 0 Å². The normalized spacial score (nSPS) is 11.5. The summed E-state index contributed by atoms with van der Waals surface area (Å²) in [4.78, 5) is 14.0. The molecular formula is C12H20KNO3. The van der Waals surface area contributed by atoms with Gasteiger partial charge in [0.2, 0.25) is 0 Å². The van der Waals surface area contributed by atoms with Crippen molar-refractivity contribution in [3.05, 3.63) is 12.2 Å². The van der Waals surface area contributed by atoms with Crippen molar-refractivity contribution < 1.29 is 66.4 Å². The van der Waals surface area contributed by atoms with Crippen LogP contribution < -0.4 is 56.5 Å². The Morgan fingerprint density at radius 3 is 2.59 bits per heavy atom. The maximum absolute atomic E-state index is 11.2. The van der Waals surface area contributed by atoms with Crippen LogP contribution in [0, 0.1) is 0 Å². The molecule has 92 valence electrons. The molecule has 5 heteroatoms. The van der Waals surface area contributed by atoms with E-state index in [1.165, 1.54) is 0 Å². The molecule has 0 saturated heterocycles. The van der Waals surface area contributed by atoms with E-state index in [2.05, 4.69) is 11.1 Å². The molecule has 4 nitrogen and oxygen atoms in total. The molecule has 0 aromatic rings. The second-order valence-corrected chi connectivity index (χ2v) is 3.59. The Balaban J connectivity index is 0. The molecule has 0 heterocycles. The molecule has 0 aliphatic carbocycles. The van der Waals surface area contributed by atoms with Crippen molar-refractivity contribution in [1.29, 1.82) is 0 Å². The van der Waals surface area contributed by atoms with Gasteiger partial charge in [-0.15, -0.1) is 0 Å². The molecule has 0 fully saturated rings. The van der Waals surface area contributed by atoms with Gasteiger partial charge in [0, 0.05) is 13.0 Å². The Labute approximate surface area is 146 Å². The van der Waals surface area contributed by atoms with Crippen molar-refractivity contribution in [3.63, 3.8) is 0 Å². The maximum atomic E-state index is 11.2. The zero-order valence-electron chi connectivity index (χ0n) is 10.8. The number of hydrogen-bond donors (Lipinski definition) is 1. The SMILES string of the molecule is C/C=C/CCCCC([O-])=NCCCC(=O)O.[K+].